The molecule has 3 rings (SSSR count). The molecular formula is C19H21F3N2O2S. The molecule has 0 saturated carbocycles. The lowest BCUT2D eigenvalue weighted by Gasteiger charge is -2.35. The van der Waals surface area contributed by atoms with E-state index in [9.17, 15) is 21.6 Å². The normalized spacial score (nSPS) is 15.9. The summed E-state index contributed by atoms with van der Waals surface area (Å²) in [4.78, 5) is 1.54. The predicted octanol–water partition coefficient (Wildman–Crippen LogP) is 3.19. The van der Waals surface area contributed by atoms with Crippen LogP contribution in [0.2, 0.25) is 0 Å². The van der Waals surface area contributed by atoms with E-state index in [-0.39, 0.29) is 37.6 Å². The molecule has 1 aliphatic heterocycles. The lowest BCUT2D eigenvalue weighted by Crippen LogP contribution is -2.49. The van der Waals surface area contributed by atoms with Crippen LogP contribution < -0.4 is 4.90 Å². The number of anilines is 1. The topological polar surface area (TPSA) is 40.6 Å². The molecule has 0 amide bonds. The van der Waals surface area contributed by atoms with Crippen LogP contribution in [0.25, 0.3) is 0 Å². The maximum absolute atomic E-state index is 13.9. The Hall–Kier alpha value is -2.06. The first-order valence-electron chi connectivity index (χ1n) is 8.78. The van der Waals surface area contributed by atoms with Gasteiger partial charge in [-0.25, -0.2) is 21.6 Å². The van der Waals surface area contributed by atoms with Gasteiger partial charge in [-0.2, -0.15) is 4.31 Å². The van der Waals surface area contributed by atoms with Gasteiger partial charge >= 0.3 is 0 Å². The second-order valence-electron chi connectivity index (χ2n) is 6.49. The summed E-state index contributed by atoms with van der Waals surface area (Å²) in [6.07, 6.45) is 1.20. The molecule has 0 atom stereocenters. The molecule has 146 valence electrons. The molecule has 8 heteroatoms. The standard InChI is InChI=1S/C19H21F3N2O2S/c20-16-8-9-17(19(22)18(16)21)23-10-12-24(13-11-23)27(25,26)14-4-7-15-5-2-1-3-6-15/h1-3,5-6,8-9H,4,7,10-14H2. The number of halogens is 3. The van der Waals surface area contributed by atoms with Gasteiger partial charge in [-0.1, -0.05) is 30.3 Å². The summed E-state index contributed by atoms with van der Waals surface area (Å²) >= 11 is 0. The highest BCUT2D eigenvalue weighted by atomic mass is 32.2. The summed E-state index contributed by atoms with van der Waals surface area (Å²) in [6.45, 7) is 0.817. The fourth-order valence-electron chi connectivity index (χ4n) is 3.20. The van der Waals surface area contributed by atoms with Crippen molar-refractivity contribution in [1.82, 2.24) is 4.31 Å². The van der Waals surface area contributed by atoms with E-state index in [0.717, 1.165) is 11.6 Å². The van der Waals surface area contributed by atoms with Crippen molar-refractivity contribution in [2.24, 2.45) is 0 Å². The van der Waals surface area contributed by atoms with Crippen LogP contribution in [-0.2, 0) is 16.4 Å². The molecule has 1 heterocycles. The molecule has 0 spiro atoms. The highest BCUT2D eigenvalue weighted by molar-refractivity contribution is 7.89. The van der Waals surface area contributed by atoms with Crippen LogP contribution in [0, 0.1) is 17.5 Å². The lowest BCUT2D eigenvalue weighted by molar-refractivity contribution is 0.380. The van der Waals surface area contributed by atoms with Crippen molar-refractivity contribution < 1.29 is 21.6 Å². The van der Waals surface area contributed by atoms with Gasteiger partial charge in [0.25, 0.3) is 0 Å². The molecule has 0 N–H and O–H groups in total. The first kappa shape index (κ1) is 19.7. The van der Waals surface area contributed by atoms with Crippen molar-refractivity contribution in [3.05, 3.63) is 65.5 Å². The van der Waals surface area contributed by atoms with Crippen molar-refractivity contribution in [2.45, 2.75) is 12.8 Å². The van der Waals surface area contributed by atoms with E-state index < -0.39 is 27.5 Å². The van der Waals surface area contributed by atoms with Gasteiger partial charge < -0.3 is 4.90 Å². The fourth-order valence-corrected chi connectivity index (χ4v) is 4.69. The highest BCUT2D eigenvalue weighted by Crippen LogP contribution is 2.25. The van der Waals surface area contributed by atoms with E-state index in [1.54, 1.807) is 0 Å². The second kappa shape index (κ2) is 8.31. The molecule has 27 heavy (non-hydrogen) atoms. The van der Waals surface area contributed by atoms with Crippen LogP contribution in [0.1, 0.15) is 12.0 Å². The maximum Gasteiger partial charge on any atom is 0.214 e. The van der Waals surface area contributed by atoms with Gasteiger partial charge in [-0.15, -0.1) is 0 Å². The van der Waals surface area contributed by atoms with Gasteiger partial charge in [-0.3, -0.25) is 0 Å². The molecule has 1 aliphatic rings. The summed E-state index contributed by atoms with van der Waals surface area (Å²) in [5.74, 6) is -3.95. The zero-order valence-corrected chi connectivity index (χ0v) is 15.6. The number of sulfonamides is 1. The smallest absolute Gasteiger partial charge is 0.214 e. The number of nitrogens with zero attached hydrogens (tertiary/aromatic N) is 2. The van der Waals surface area contributed by atoms with Crippen molar-refractivity contribution in [3.8, 4) is 0 Å². The number of rotatable bonds is 6. The van der Waals surface area contributed by atoms with E-state index in [4.69, 9.17) is 0 Å². The number of benzene rings is 2. The largest absolute Gasteiger partial charge is 0.366 e. The second-order valence-corrected chi connectivity index (χ2v) is 8.57. The summed E-state index contributed by atoms with van der Waals surface area (Å²) in [7, 11) is -3.41. The minimum Gasteiger partial charge on any atom is -0.366 e. The first-order chi connectivity index (χ1) is 12.9. The van der Waals surface area contributed by atoms with Crippen molar-refractivity contribution >= 4 is 15.7 Å². The lowest BCUT2D eigenvalue weighted by atomic mass is 10.1. The zero-order chi connectivity index (χ0) is 19.4. The minimum absolute atomic E-state index is 0.0431. The highest BCUT2D eigenvalue weighted by Gasteiger charge is 2.28. The summed E-state index contributed by atoms with van der Waals surface area (Å²) in [6, 6.07) is 11.7. The molecule has 0 aromatic heterocycles. The molecule has 2 aromatic rings. The Morgan fingerprint density at radius 3 is 2.19 bits per heavy atom. The van der Waals surface area contributed by atoms with Crippen LogP contribution in [0.15, 0.2) is 42.5 Å². The van der Waals surface area contributed by atoms with Gasteiger partial charge in [0.15, 0.2) is 17.5 Å². The third kappa shape index (κ3) is 4.62. The molecule has 0 unspecified atom stereocenters. The van der Waals surface area contributed by atoms with Gasteiger partial charge in [0.05, 0.1) is 11.4 Å². The Labute approximate surface area is 157 Å². The summed E-state index contributed by atoms with van der Waals surface area (Å²) < 4.78 is 66.8. The Morgan fingerprint density at radius 2 is 1.52 bits per heavy atom. The minimum atomic E-state index is -3.41. The Bertz CT molecular complexity index is 883. The maximum atomic E-state index is 13.9. The first-order valence-corrected chi connectivity index (χ1v) is 10.4. The molecule has 4 nitrogen and oxygen atoms in total. The van der Waals surface area contributed by atoms with Crippen molar-refractivity contribution in [2.75, 3.05) is 36.8 Å². The molecule has 0 bridgehead atoms. The number of aryl methyl sites for hydroxylation is 1. The van der Waals surface area contributed by atoms with E-state index in [2.05, 4.69) is 0 Å². The Balaban J connectivity index is 1.55. The Morgan fingerprint density at radius 1 is 0.852 bits per heavy atom. The van der Waals surface area contributed by atoms with E-state index in [1.807, 2.05) is 30.3 Å². The van der Waals surface area contributed by atoms with Crippen LogP contribution in [0.5, 0.6) is 0 Å². The molecule has 1 fully saturated rings. The predicted molar refractivity (Wildman–Crippen MR) is 98.7 cm³/mol. The van der Waals surface area contributed by atoms with E-state index in [0.29, 0.717) is 12.8 Å². The number of hydrogen-bond acceptors (Lipinski definition) is 3. The Kier molecular flexibility index (Phi) is 6.06. The van der Waals surface area contributed by atoms with Crippen LogP contribution >= 0.6 is 0 Å². The van der Waals surface area contributed by atoms with Gasteiger partial charge in [0.2, 0.25) is 10.0 Å². The quantitative estimate of drug-likeness (QED) is 0.702. The van der Waals surface area contributed by atoms with Gasteiger partial charge in [0, 0.05) is 26.2 Å². The third-order valence-corrected chi connectivity index (χ3v) is 6.65. The van der Waals surface area contributed by atoms with Crippen LogP contribution in [0.3, 0.4) is 0 Å². The summed E-state index contributed by atoms with van der Waals surface area (Å²) in [5.41, 5.74) is 1.04. The average molecular weight is 398 g/mol. The van der Waals surface area contributed by atoms with Gasteiger partial charge in [-0.05, 0) is 30.5 Å². The van der Waals surface area contributed by atoms with E-state index >= 15 is 0 Å². The van der Waals surface area contributed by atoms with Crippen molar-refractivity contribution in [1.29, 1.82) is 0 Å². The monoisotopic (exact) mass is 398 g/mol. The molecule has 0 aliphatic carbocycles. The fraction of sp³-hybridized carbons (Fsp3) is 0.368. The SMILES string of the molecule is O=S(=O)(CCCc1ccccc1)N1CCN(c2ccc(F)c(F)c2F)CC1. The molecular weight excluding hydrogens is 377 g/mol. The molecule has 2 aromatic carbocycles. The number of piperazine rings is 1. The van der Waals surface area contributed by atoms with E-state index in [1.165, 1.54) is 15.3 Å². The zero-order valence-electron chi connectivity index (χ0n) is 14.7. The van der Waals surface area contributed by atoms with Crippen LogP contribution in [-0.4, -0.2) is 44.7 Å². The third-order valence-electron chi connectivity index (χ3n) is 4.70. The molecule has 1 saturated heterocycles. The number of hydrogen-bond donors (Lipinski definition) is 0. The van der Waals surface area contributed by atoms with Crippen LogP contribution in [0.4, 0.5) is 18.9 Å². The molecule has 0 radical (unpaired) electrons. The van der Waals surface area contributed by atoms with Gasteiger partial charge in [0.1, 0.15) is 0 Å². The average Bonchev–Trinajstić information content (AvgIpc) is 2.67. The summed E-state index contributed by atoms with van der Waals surface area (Å²) in [5, 5.41) is 0. The van der Waals surface area contributed by atoms with Crippen molar-refractivity contribution in [3.63, 3.8) is 0 Å².